The Labute approximate surface area is 120 Å². The van der Waals surface area contributed by atoms with Gasteiger partial charge in [-0.2, -0.15) is 0 Å². The molecule has 0 amide bonds. The summed E-state index contributed by atoms with van der Waals surface area (Å²) in [6, 6.07) is 5.86. The van der Waals surface area contributed by atoms with E-state index in [-0.39, 0.29) is 5.41 Å². The van der Waals surface area contributed by atoms with Crippen LogP contribution in [0.3, 0.4) is 0 Å². The first-order valence-corrected chi connectivity index (χ1v) is 6.88. The molecule has 1 N–H and O–H groups in total. The minimum Gasteiger partial charge on any atom is -0.383 e. The molecule has 0 fully saturated rings. The van der Waals surface area contributed by atoms with Gasteiger partial charge in [-0.25, -0.2) is 0 Å². The van der Waals surface area contributed by atoms with E-state index in [2.05, 4.69) is 19.2 Å². The van der Waals surface area contributed by atoms with Crippen molar-refractivity contribution in [1.82, 2.24) is 5.32 Å². The molecule has 0 aliphatic rings. The molecule has 0 heterocycles. The fourth-order valence-electron chi connectivity index (χ4n) is 1.76. The predicted molar refractivity (Wildman–Crippen MR) is 78.9 cm³/mol. The summed E-state index contributed by atoms with van der Waals surface area (Å²) in [7, 11) is 1.71. The van der Waals surface area contributed by atoms with Gasteiger partial charge in [-0.3, -0.25) is 0 Å². The van der Waals surface area contributed by atoms with E-state index in [1.54, 1.807) is 7.11 Å². The van der Waals surface area contributed by atoms with Gasteiger partial charge < -0.3 is 10.1 Å². The maximum atomic E-state index is 6.06. The van der Waals surface area contributed by atoms with Crippen LogP contribution in [0.2, 0.25) is 10.0 Å². The van der Waals surface area contributed by atoms with Gasteiger partial charge in [0.1, 0.15) is 0 Å². The van der Waals surface area contributed by atoms with Crippen LogP contribution < -0.4 is 5.32 Å². The summed E-state index contributed by atoms with van der Waals surface area (Å²) in [6.07, 6.45) is 1.04. The van der Waals surface area contributed by atoms with Crippen LogP contribution in [-0.2, 0) is 10.2 Å². The molecular formula is C14H21Cl2NO. The van der Waals surface area contributed by atoms with Crippen molar-refractivity contribution in [2.75, 3.05) is 26.8 Å². The molecule has 0 spiro atoms. The second-order valence-corrected chi connectivity index (χ2v) is 5.82. The minimum absolute atomic E-state index is 0.0777. The molecule has 18 heavy (non-hydrogen) atoms. The fourth-order valence-corrected chi connectivity index (χ4v) is 2.06. The van der Waals surface area contributed by atoms with E-state index in [0.29, 0.717) is 10.0 Å². The van der Waals surface area contributed by atoms with Crippen molar-refractivity contribution in [3.05, 3.63) is 33.8 Å². The highest BCUT2D eigenvalue weighted by Crippen LogP contribution is 2.31. The zero-order chi connectivity index (χ0) is 13.6. The van der Waals surface area contributed by atoms with E-state index < -0.39 is 0 Å². The molecule has 102 valence electrons. The van der Waals surface area contributed by atoms with Crippen LogP contribution in [0.25, 0.3) is 0 Å². The Morgan fingerprint density at radius 1 is 1.17 bits per heavy atom. The molecule has 0 aliphatic carbocycles. The summed E-state index contributed by atoms with van der Waals surface area (Å²) >= 11 is 12.0. The fraction of sp³-hybridized carbons (Fsp3) is 0.571. The molecule has 0 atom stereocenters. The number of nitrogens with one attached hydrogen (secondary N) is 1. The van der Waals surface area contributed by atoms with Crippen LogP contribution in [0, 0.1) is 0 Å². The zero-order valence-corrected chi connectivity index (χ0v) is 12.7. The number of ether oxygens (including phenoxy) is 1. The number of hydrogen-bond donors (Lipinski definition) is 1. The lowest BCUT2D eigenvalue weighted by atomic mass is 9.81. The summed E-state index contributed by atoms with van der Waals surface area (Å²) in [5.74, 6) is 0. The lowest BCUT2D eigenvalue weighted by Crippen LogP contribution is -2.27. The van der Waals surface area contributed by atoms with Gasteiger partial charge >= 0.3 is 0 Å². The molecule has 1 aromatic carbocycles. The maximum absolute atomic E-state index is 6.06. The Morgan fingerprint density at radius 3 is 2.50 bits per heavy atom. The predicted octanol–water partition coefficient (Wildman–Crippen LogP) is 3.90. The highest BCUT2D eigenvalue weighted by atomic mass is 35.5. The smallest absolute Gasteiger partial charge is 0.0595 e. The van der Waals surface area contributed by atoms with E-state index in [1.807, 2.05) is 18.2 Å². The molecule has 0 aliphatic heterocycles. The Kier molecular flexibility index (Phi) is 6.44. The van der Waals surface area contributed by atoms with Crippen molar-refractivity contribution >= 4 is 23.2 Å². The number of halogens is 2. The lowest BCUT2D eigenvalue weighted by Gasteiger charge is -2.26. The van der Waals surface area contributed by atoms with Crippen LogP contribution in [0.1, 0.15) is 25.8 Å². The van der Waals surface area contributed by atoms with Crippen molar-refractivity contribution in [2.45, 2.75) is 25.7 Å². The normalized spacial score (nSPS) is 11.8. The summed E-state index contributed by atoms with van der Waals surface area (Å²) in [5, 5.41) is 4.58. The second kappa shape index (κ2) is 7.34. The van der Waals surface area contributed by atoms with Crippen molar-refractivity contribution in [2.24, 2.45) is 0 Å². The highest BCUT2D eigenvalue weighted by Gasteiger charge is 2.20. The minimum atomic E-state index is 0.0777. The monoisotopic (exact) mass is 289 g/mol. The van der Waals surface area contributed by atoms with Crippen molar-refractivity contribution < 1.29 is 4.74 Å². The van der Waals surface area contributed by atoms with Crippen LogP contribution in [0.5, 0.6) is 0 Å². The Hall–Kier alpha value is -0.280. The lowest BCUT2D eigenvalue weighted by molar-refractivity contribution is 0.198. The first-order chi connectivity index (χ1) is 8.47. The Balaban J connectivity index is 2.54. The van der Waals surface area contributed by atoms with Crippen LogP contribution >= 0.6 is 23.2 Å². The van der Waals surface area contributed by atoms with Crippen LogP contribution in [0.4, 0.5) is 0 Å². The van der Waals surface area contributed by atoms with Gasteiger partial charge in [0.15, 0.2) is 0 Å². The van der Waals surface area contributed by atoms with E-state index >= 15 is 0 Å². The van der Waals surface area contributed by atoms with Crippen molar-refractivity contribution in [1.29, 1.82) is 0 Å². The van der Waals surface area contributed by atoms with Gasteiger partial charge in [0.2, 0.25) is 0 Å². The molecule has 0 unspecified atom stereocenters. The topological polar surface area (TPSA) is 21.3 Å². The van der Waals surface area contributed by atoms with Crippen molar-refractivity contribution in [3.63, 3.8) is 0 Å². The average molecular weight is 290 g/mol. The van der Waals surface area contributed by atoms with Gasteiger partial charge in [0.05, 0.1) is 16.7 Å². The molecule has 4 heteroatoms. The van der Waals surface area contributed by atoms with Gasteiger partial charge in [0, 0.05) is 13.7 Å². The number of benzene rings is 1. The van der Waals surface area contributed by atoms with Crippen LogP contribution in [-0.4, -0.2) is 26.8 Å². The van der Waals surface area contributed by atoms with E-state index in [0.717, 1.165) is 26.1 Å². The standard InChI is InChI=1S/C14H21Cl2NO/c1-14(2,6-7-17-8-9-18-3)11-4-5-12(15)13(16)10-11/h4-5,10,17H,6-9H2,1-3H3. The molecule has 1 aromatic rings. The first-order valence-electron chi connectivity index (χ1n) is 6.12. The second-order valence-electron chi connectivity index (χ2n) is 5.01. The van der Waals surface area contributed by atoms with Gasteiger partial charge in [-0.15, -0.1) is 0 Å². The van der Waals surface area contributed by atoms with E-state index in [9.17, 15) is 0 Å². The summed E-state index contributed by atoms with van der Waals surface area (Å²) in [6.45, 7) is 7.01. The molecule has 1 rings (SSSR count). The van der Waals surface area contributed by atoms with Gasteiger partial charge in [0.25, 0.3) is 0 Å². The largest absolute Gasteiger partial charge is 0.383 e. The zero-order valence-electron chi connectivity index (χ0n) is 11.2. The van der Waals surface area contributed by atoms with E-state index in [1.165, 1.54) is 5.56 Å². The van der Waals surface area contributed by atoms with Gasteiger partial charge in [-0.05, 0) is 36.1 Å². The number of rotatable bonds is 7. The Bertz CT molecular complexity index is 380. The molecular weight excluding hydrogens is 269 g/mol. The molecule has 0 radical (unpaired) electrons. The third kappa shape index (κ3) is 4.77. The first kappa shape index (κ1) is 15.8. The molecule has 0 saturated carbocycles. The molecule has 2 nitrogen and oxygen atoms in total. The molecule has 0 saturated heterocycles. The summed E-state index contributed by atoms with van der Waals surface area (Å²) in [5.41, 5.74) is 1.29. The Morgan fingerprint density at radius 2 is 1.89 bits per heavy atom. The third-order valence-corrected chi connectivity index (χ3v) is 3.85. The van der Waals surface area contributed by atoms with Gasteiger partial charge in [-0.1, -0.05) is 43.1 Å². The van der Waals surface area contributed by atoms with Crippen molar-refractivity contribution in [3.8, 4) is 0 Å². The van der Waals surface area contributed by atoms with E-state index in [4.69, 9.17) is 27.9 Å². The quantitative estimate of drug-likeness (QED) is 0.769. The summed E-state index contributed by atoms with van der Waals surface area (Å²) in [4.78, 5) is 0. The number of hydrogen-bond acceptors (Lipinski definition) is 2. The SMILES string of the molecule is COCCNCCC(C)(C)c1ccc(Cl)c(Cl)c1. The van der Waals surface area contributed by atoms with Crippen LogP contribution in [0.15, 0.2) is 18.2 Å². The third-order valence-electron chi connectivity index (χ3n) is 3.11. The average Bonchev–Trinajstić information content (AvgIpc) is 2.32. The highest BCUT2D eigenvalue weighted by molar-refractivity contribution is 6.42. The molecule has 0 bridgehead atoms. The maximum Gasteiger partial charge on any atom is 0.0595 e. The summed E-state index contributed by atoms with van der Waals surface area (Å²) < 4.78 is 4.99. The molecule has 0 aromatic heterocycles. The number of methoxy groups -OCH3 is 1.